The number of ether oxygens (including phenoxy) is 1. The van der Waals surface area contributed by atoms with Crippen molar-refractivity contribution in [3.8, 4) is 11.4 Å². The van der Waals surface area contributed by atoms with E-state index < -0.39 is 21.6 Å². The van der Waals surface area contributed by atoms with E-state index >= 15 is 0 Å². The molecular weight excluding hydrogens is 294 g/mol. The lowest BCUT2D eigenvalue weighted by atomic mass is 10.2. The second kappa shape index (κ2) is 4.59. The van der Waals surface area contributed by atoms with Gasteiger partial charge in [0.1, 0.15) is 11.5 Å². The first-order valence-corrected chi connectivity index (χ1v) is 7.77. The van der Waals surface area contributed by atoms with E-state index in [0.29, 0.717) is 17.0 Å². The maximum Gasteiger partial charge on any atom is 0.243 e. The molecule has 0 N–H and O–H groups in total. The lowest BCUT2D eigenvalue weighted by Crippen LogP contribution is -2.38. The van der Waals surface area contributed by atoms with Gasteiger partial charge in [0, 0.05) is 7.05 Å². The van der Waals surface area contributed by atoms with Gasteiger partial charge in [0.05, 0.1) is 24.6 Å². The number of carbonyl (C=O) groups is 1. The third kappa shape index (κ3) is 2.07. The molecule has 0 saturated carbocycles. The molecule has 1 aliphatic rings. The fourth-order valence-electron chi connectivity index (χ4n) is 2.23. The molecule has 1 aromatic heterocycles. The van der Waals surface area contributed by atoms with Crippen LogP contribution >= 0.6 is 0 Å². The van der Waals surface area contributed by atoms with Crippen LogP contribution in [0.2, 0.25) is 0 Å². The number of nitrogens with zero attached hydrogens (tertiary/aromatic N) is 3. The lowest BCUT2D eigenvalue weighted by molar-refractivity contribution is 0.102. The fraction of sp³-hybridized carbons (Fsp3) is 0.231. The Morgan fingerprint density at radius 2 is 1.90 bits per heavy atom. The number of methoxy groups -OCH3 is 1. The summed E-state index contributed by atoms with van der Waals surface area (Å²) in [7, 11) is -0.661. The fourth-order valence-corrected chi connectivity index (χ4v) is 3.35. The summed E-state index contributed by atoms with van der Waals surface area (Å²) in [6.45, 7) is 0. The van der Waals surface area contributed by atoms with Crippen LogP contribution in [0, 0.1) is 0 Å². The number of fused-ring (bicyclic) bond motifs is 1. The van der Waals surface area contributed by atoms with Crippen molar-refractivity contribution < 1.29 is 17.9 Å². The molecule has 0 saturated heterocycles. The number of hydrogen-bond donors (Lipinski definition) is 0. The van der Waals surface area contributed by atoms with E-state index in [0.717, 1.165) is 4.31 Å². The average Bonchev–Trinajstić information content (AvgIpc) is 2.90. The van der Waals surface area contributed by atoms with Crippen molar-refractivity contribution in [3.05, 3.63) is 36.0 Å². The van der Waals surface area contributed by atoms with E-state index in [1.165, 1.54) is 17.9 Å². The van der Waals surface area contributed by atoms with Gasteiger partial charge in [-0.2, -0.15) is 5.10 Å². The molecule has 0 atom stereocenters. The Balaban J connectivity index is 2.16. The van der Waals surface area contributed by atoms with E-state index in [2.05, 4.69) is 5.10 Å². The van der Waals surface area contributed by atoms with Gasteiger partial charge >= 0.3 is 0 Å². The predicted molar refractivity (Wildman–Crippen MR) is 76.6 cm³/mol. The first-order chi connectivity index (χ1) is 9.94. The van der Waals surface area contributed by atoms with Gasteiger partial charge in [-0.15, -0.1) is 0 Å². The van der Waals surface area contributed by atoms with Crippen molar-refractivity contribution >= 4 is 21.6 Å². The normalized spacial score (nSPS) is 16.7. The summed E-state index contributed by atoms with van der Waals surface area (Å²) in [5.74, 6) is -0.0266. The van der Waals surface area contributed by atoms with Crippen LogP contribution in [-0.2, 0) is 10.0 Å². The zero-order chi connectivity index (χ0) is 15.2. The molecule has 0 spiro atoms. The van der Waals surface area contributed by atoms with Crippen LogP contribution in [0.15, 0.2) is 30.5 Å². The number of sulfonamides is 1. The van der Waals surface area contributed by atoms with Gasteiger partial charge in [-0.05, 0) is 24.3 Å². The Labute approximate surface area is 121 Å². The number of anilines is 1. The SMILES string of the molecule is COc1ccc(-n2ncc3c2N(C)S(=O)(=O)CC3=O)cc1. The second-order valence-corrected chi connectivity index (χ2v) is 6.64. The maximum absolute atomic E-state index is 12.0. The van der Waals surface area contributed by atoms with Crippen LogP contribution in [-0.4, -0.2) is 43.9 Å². The smallest absolute Gasteiger partial charge is 0.243 e. The summed E-state index contributed by atoms with van der Waals surface area (Å²) in [5.41, 5.74) is 0.956. The Hall–Kier alpha value is -2.35. The van der Waals surface area contributed by atoms with Gasteiger partial charge in [-0.25, -0.2) is 13.1 Å². The predicted octanol–water partition coefficient (Wildman–Crippen LogP) is 0.843. The third-order valence-corrected chi connectivity index (χ3v) is 5.02. The Morgan fingerprint density at radius 3 is 2.52 bits per heavy atom. The van der Waals surface area contributed by atoms with Crippen molar-refractivity contribution in [2.75, 3.05) is 24.2 Å². The van der Waals surface area contributed by atoms with E-state index in [9.17, 15) is 13.2 Å². The molecule has 0 aliphatic carbocycles. The van der Waals surface area contributed by atoms with Crippen molar-refractivity contribution in [1.82, 2.24) is 9.78 Å². The molecule has 110 valence electrons. The van der Waals surface area contributed by atoms with Gasteiger partial charge in [0.25, 0.3) is 0 Å². The van der Waals surface area contributed by atoms with Gasteiger partial charge in [-0.3, -0.25) is 9.10 Å². The number of carbonyl (C=O) groups excluding carboxylic acids is 1. The van der Waals surface area contributed by atoms with Gasteiger partial charge in [-0.1, -0.05) is 0 Å². The zero-order valence-electron chi connectivity index (χ0n) is 11.5. The summed E-state index contributed by atoms with van der Waals surface area (Å²) in [5, 5.41) is 4.14. The number of aromatic nitrogens is 2. The second-order valence-electron chi connectivity index (χ2n) is 4.64. The molecule has 0 bridgehead atoms. The first-order valence-electron chi connectivity index (χ1n) is 6.16. The van der Waals surface area contributed by atoms with E-state index in [-0.39, 0.29) is 5.82 Å². The number of rotatable bonds is 2. The molecule has 1 aromatic carbocycles. The number of hydrogen-bond acceptors (Lipinski definition) is 5. The average molecular weight is 307 g/mol. The molecule has 7 nitrogen and oxygen atoms in total. The van der Waals surface area contributed by atoms with Crippen molar-refractivity contribution in [1.29, 1.82) is 0 Å². The summed E-state index contributed by atoms with van der Waals surface area (Å²) < 4.78 is 31.6. The summed E-state index contributed by atoms with van der Waals surface area (Å²) in [6, 6.07) is 6.96. The molecule has 3 rings (SSSR count). The first kappa shape index (κ1) is 13.6. The largest absolute Gasteiger partial charge is 0.497 e. The van der Waals surface area contributed by atoms with Crippen molar-refractivity contribution in [2.24, 2.45) is 0 Å². The molecule has 21 heavy (non-hydrogen) atoms. The van der Waals surface area contributed by atoms with Crippen LogP contribution in [0.3, 0.4) is 0 Å². The van der Waals surface area contributed by atoms with Crippen molar-refractivity contribution in [3.63, 3.8) is 0 Å². The third-order valence-electron chi connectivity index (χ3n) is 3.39. The topological polar surface area (TPSA) is 81.5 Å². The highest BCUT2D eigenvalue weighted by atomic mass is 32.2. The van der Waals surface area contributed by atoms with Crippen LogP contribution in [0.4, 0.5) is 5.82 Å². The van der Waals surface area contributed by atoms with Crippen LogP contribution < -0.4 is 9.04 Å². The molecule has 0 radical (unpaired) electrons. The summed E-state index contributed by atoms with van der Waals surface area (Å²) in [4.78, 5) is 11.9. The maximum atomic E-state index is 12.0. The van der Waals surface area contributed by atoms with Crippen molar-refractivity contribution in [2.45, 2.75) is 0 Å². The van der Waals surface area contributed by atoms with E-state index in [4.69, 9.17) is 4.74 Å². The molecule has 0 amide bonds. The lowest BCUT2D eigenvalue weighted by Gasteiger charge is -2.25. The standard InChI is InChI=1S/C13H13N3O4S/c1-15-13-11(12(17)8-21(15,18)19)7-14-16(13)9-3-5-10(20-2)6-4-9/h3-7H,8H2,1-2H3. The number of benzene rings is 1. The summed E-state index contributed by atoms with van der Waals surface area (Å²) in [6.07, 6.45) is 1.40. The molecule has 2 heterocycles. The highest BCUT2D eigenvalue weighted by Crippen LogP contribution is 2.30. The number of Topliss-reactive ketones (excluding diaryl/α,β-unsaturated/α-hetero) is 1. The molecule has 8 heteroatoms. The minimum atomic E-state index is -3.64. The van der Waals surface area contributed by atoms with Crippen LogP contribution in [0.1, 0.15) is 10.4 Å². The molecule has 2 aromatic rings. The highest BCUT2D eigenvalue weighted by Gasteiger charge is 2.36. The minimum Gasteiger partial charge on any atom is -0.497 e. The Morgan fingerprint density at radius 1 is 1.24 bits per heavy atom. The quantitative estimate of drug-likeness (QED) is 0.821. The highest BCUT2D eigenvalue weighted by molar-refractivity contribution is 7.93. The monoisotopic (exact) mass is 307 g/mol. The summed E-state index contributed by atoms with van der Waals surface area (Å²) >= 11 is 0. The molecule has 1 aliphatic heterocycles. The minimum absolute atomic E-state index is 0.261. The van der Waals surface area contributed by atoms with Crippen LogP contribution in [0.25, 0.3) is 5.69 Å². The van der Waals surface area contributed by atoms with Crippen LogP contribution in [0.5, 0.6) is 5.75 Å². The van der Waals surface area contributed by atoms with Gasteiger partial charge in [0.2, 0.25) is 10.0 Å². The molecular formula is C13H13N3O4S. The van der Waals surface area contributed by atoms with Gasteiger partial charge < -0.3 is 4.74 Å². The molecule has 0 unspecified atom stereocenters. The van der Waals surface area contributed by atoms with E-state index in [1.807, 2.05) is 0 Å². The van der Waals surface area contributed by atoms with E-state index in [1.54, 1.807) is 31.4 Å². The van der Waals surface area contributed by atoms with Gasteiger partial charge in [0.15, 0.2) is 11.6 Å². The Bertz CT molecular complexity index is 808. The molecule has 0 fully saturated rings. The zero-order valence-corrected chi connectivity index (χ0v) is 12.3. The Kier molecular flexibility index (Phi) is 2.98. The number of ketones is 1.